The van der Waals surface area contributed by atoms with Crippen LogP contribution in [0.5, 0.6) is 0 Å². The molecule has 1 fully saturated rings. The molecule has 1 saturated heterocycles. The highest BCUT2D eigenvalue weighted by Crippen LogP contribution is 2.35. The summed E-state index contributed by atoms with van der Waals surface area (Å²) in [6, 6.07) is 1.94. The van der Waals surface area contributed by atoms with Crippen LogP contribution in [-0.2, 0) is 10.9 Å². The molecule has 3 heterocycles. The molecule has 7 nitrogen and oxygen atoms in total. The zero-order chi connectivity index (χ0) is 17.9. The second-order valence-corrected chi connectivity index (χ2v) is 5.25. The maximum Gasteiger partial charge on any atom is 0.435 e. The number of alkyl halides is 3. The number of hydrogen-bond acceptors (Lipinski definition) is 5. The minimum Gasteiger partial charge on any atom is -0.378 e. The number of morpholine rings is 1. The Bertz CT molecular complexity index is 749. The maximum absolute atomic E-state index is 13.4. The summed E-state index contributed by atoms with van der Waals surface area (Å²) in [4.78, 5) is 24.7. The summed E-state index contributed by atoms with van der Waals surface area (Å²) in [6.07, 6.45) is -0.729. The molecule has 1 aliphatic rings. The smallest absolute Gasteiger partial charge is 0.378 e. The van der Waals surface area contributed by atoms with Crippen LogP contribution in [0.1, 0.15) is 5.69 Å². The van der Waals surface area contributed by atoms with Gasteiger partial charge in [0.15, 0.2) is 5.69 Å². The van der Waals surface area contributed by atoms with Gasteiger partial charge in [0.25, 0.3) is 0 Å². The highest BCUT2D eigenvalue weighted by atomic mass is 19.4. The number of urea groups is 1. The van der Waals surface area contributed by atoms with Gasteiger partial charge in [0.2, 0.25) is 0 Å². The molecule has 1 N–H and O–H groups in total. The van der Waals surface area contributed by atoms with Crippen molar-refractivity contribution >= 4 is 11.7 Å². The first-order valence-electron chi connectivity index (χ1n) is 7.42. The van der Waals surface area contributed by atoms with E-state index in [2.05, 4.69) is 20.3 Å². The van der Waals surface area contributed by atoms with Crippen molar-refractivity contribution in [1.29, 1.82) is 0 Å². The van der Waals surface area contributed by atoms with E-state index in [1.165, 1.54) is 35.8 Å². The summed E-state index contributed by atoms with van der Waals surface area (Å²) in [5, 5.41) is 2.28. The van der Waals surface area contributed by atoms with Gasteiger partial charge in [-0.05, 0) is 12.1 Å². The van der Waals surface area contributed by atoms with E-state index >= 15 is 0 Å². The van der Waals surface area contributed by atoms with Crippen LogP contribution >= 0.6 is 0 Å². The Kier molecular flexibility index (Phi) is 4.79. The van der Waals surface area contributed by atoms with E-state index in [1.807, 2.05) is 0 Å². The predicted octanol–water partition coefficient (Wildman–Crippen LogP) is 2.42. The molecule has 0 atom stereocenters. The second-order valence-electron chi connectivity index (χ2n) is 5.25. The number of carbonyl (C=O) groups excluding carboxylic acids is 1. The summed E-state index contributed by atoms with van der Waals surface area (Å²) >= 11 is 0. The van der Waals surface area contributed by atoms with E-state index in [9.17, 15) is 18.0 Å². The first-order valence-corrected chi connectivity index (χ1v) is 7.42. The van der Waals surface area contributed by atoms with E-state index in [4.69, 9.17) is 4.74 Å². The minimum atomic E-state index is -4.72. The highest BCUT2D eigenvalue weighted by molar-refractivity contribution is 5.90. The average Bonchev–Trinajstić information content (AvgIpc) is 2.62. The number of pyridine rings is 1. The van der Waals surface area contributed by atoms with Crippen LogP contribution in [0.2, 0.25) is 0 Å². The average molecular weight is 353 g/mol. The lowest BCUT2D eigenvalue weighted by Crippen LogP contribution is -2.43. The van der Waals surface area contributed by atoms with Crippen molar-refractivity contribution in [2.45, 2.75) is 6.18 Å². The predicted molar refractivity (Wildman–Crippen MR) is 81.7 cm³/mol. The van der Waals surface area contributed by atoms with Crippen molar-refractivity contribution in [2.75, 3.05) is 31.6 Å². The van der Waals surface area contributed by atoms with E-state index in [0.717, 1.165) is 0 Å². The van der Waals surface area contributed by atoms with Crippen LogP contribution in [0, 0.1) is 0 Å². The highest BCUT2D eigenvalue weighted by Gasteiger charge is 2.37. The van der Waals surface area contributed by atoms with Gasteiger partial charge in [-0.3, -0.25) is 0 Å². The van der Waals surface area contributed by atoms with Gasteiger partial charge in [0, 0.05) is 31.0 Å². The number of halogens is 3. The van der Waals surface area contributed by atoms with Gasteiger partial charge in [-0.1, -0.05) is 0 Å². The lowest BCUT2D eigenvalue weighted by atomic mass is 10.2. The first kappa shape index (κ1) is 17.1. The molecular formula is C15H14F3N5O2. The zero-order valence-corrected chi connectivity index (χ0v) is 13.0. The molecule has 0 bridgehead atoms. The Morgan fingerprint density at radius 2 is 1.84 bits per heavy atom. The molecule has 3 rings (SSSR count). The summed E-state index contributed by atoms with van der Waals surface area (Å²) in [7, 11) is 0. The topological polar surface area (TPSA) is 80.2 Å². The van der Waals surface area contributed by atoms with E-state index in [-0.39, 0.29) is 5.69 Å². The number of ether oxygens (including phenoxy) is 1. The third-order valence-corrected chi connectivity index (χ3v) is 3.56. The van der Waals surface area contributed by atoms with Crippen LogP contribution in [0.3, 0.4) is 0 Å². The summed E-state index contributed by atoms with van der Waals surface area (Å²) < 4.78 is 45.2. The SMILES string of the molecule is O=C(Nc1ccc(-c2cncnc2)nc1C(F)(F)F)N1CCOCC1. The molecule has 2 amide bonds. The molecule has 132 valence electrons. The third-order valence-electron chi connectivity index (χ3n) is 3.56. The largest absolute Gasteiger partial charge is 0.435 e. The molecular weight excluding hydrogens is 339 g/mol. The van der Waals surface area contributed by atoms with E-state index in [0.29, 0.717) is 31.9 Å². The molecule has 0 unspecified atom stereocenters. The molecule has 0 saturated carbocycles. The standard InChI is InChI=1S/C15H14F3N5O2/c16-15(17,18)13-12(22-14(24)23-3-5-25-6-4-23)2-1-11(21-13)10-7-19-9-20-8-10/h1-2,7-9H,3-6H2,(H,22,24). The minimum absolute atomic E-state index is 0.0669. The summed E-state index contributed by atoms with van der Waals surface area (Å²) in [5.41, 5.74) is -1.16. The fraction of sp³-hybridized carbons (Fsp3) is 0.333. The van der Waals surface area contributed by atoms with Gasteiger partial charge >= 0.3 is 12.2 Å². The number of hydrogen-bond donors (Lipinski definition) is 1. The fourth-order valence-corrected chi connectivity index (χ4v) is 2.33. The Morgan fingerprint density at radius 1 is 1.16 bits per heavy atom. The van der Waals surface area contributed by atoms with E-state index < -0.39 is 23.6 Å². The van der Waals surface area contributed by atoms with Gasteiger partial charge in [0.1, 0.15) is 6.33 Å². The molecule has 0 radical (unpaired) electrons. The van der Waals surface area contributed by atoms with Crippen molar-refractivity contribution in [1.82, 2.24) is 19.9 Å². The number of anilines is 1. The normalized spacial score (nSPS) is 15.1. The van der Waals surface area contributed by atoms with Crippen LogP contribution in [0.4, 0.5) is 23.7 Å². The quantitative estimate of drug-likeness (QED) is 0.897. The molecule has 0 aromatic carbocycles. The van der Waals surface area contributed by atoms with Crippen LogP contribution in [-0.4, -0.2) is 52.2 Å². The Morgan fingerprint density at radius 3 is 2.48 bits per heavy atom. The van der Waals surface area contributed by atoms with Crippen LogP contribution < -0.4 is 5.32 Å². The number of nitrogens with zero attached hydrogens (tertiary/aromatic N) is 4. The van der Waals surface area contributed by atoms with Crippen molar-refractivity contribution in [3.8, 4) is 11.3 Å². The Balaban J connectivity index is 1.89. The van der Waals surface area contributed by atoms with Gasteiger partial charge in [-0.2, -0.15) is 13.2 Å². The van der Waals surface area contributed by atoms with Crippen molar-refractivity contribution in [2.24, 2.45) is 0 Å². The van der Waals surface area contributed by atoms with Gasteiger partial charge in [0.05, 0.1) is 24.6 Å². The second kappa shape index (κ2) is 7.01. The molecule has 2 aromatic heterocycles. The van der Waals surface area contributed by atoms with Gasteiger partial charge in [-0.15, -0.1) is 0 Å². The fourth-order valence-electron chi connectivity index (χ4n) is 2.33. The third kappa shape index (κ3) is 4.02. The lowest BCUT2D eigenvalue weighted by Gasteiger charge is -2.27. The molecule has 10 heteroatoms. The van der Waals surface area contributed by atoms with Gasteiger partial charge in [-0.25, -0.2) is 19.7 Å². The number of aromatic nitrogens is 3. The molecule has 0 aliphatic carbocycles. The molecule has 0 spiro atoms. The van der Waals surface area contributed by atoms with Crippen LogP contribution in [0.25, 0.3) is 11.3 Å². The summed E-state index contributed by atoms with van der Waals surface area (Å²) in [5.74, 6) is 0. The maximum atomic E-state index is 13.4. The van der Waals surface area contributed by atoms with Crippen molar-refractivity contribution in [3.05, 3.63) is 36.5 Å². The number of amides is 2. The molecule has 25 heavy (non-hydrogen) atoms. The van der Waals surface area contributed by atoms with Crippen molar-refractivity contribution < 1.29 is 22.7 Å². The monoisotopic (exact) mass is 353 g/mol. The number of carbonyl (C=O) groups is 1. The van der Waals surface area contributed by atoms with Crippen molar-refractivity contribution in [3.63, 3.8) is 0 Å². The van der Waals surface area contributed by atoms with Crippen LogP contribution in [0.15, 0.2) is 30.9 Å². The first-order chi connectivity index (χ1) is 11.9. The van der Waals surface area contributed by atoms with E-state index in [1.54, 1.807) is 0 Å². The Hall–Kier alpha value is -2.75. The molecule has 1 aliphatic heterocycles. The number of rotatable bonds is 2. The lowest BCUT2D eigenvalue weighted by molar-refractivity contribution is -0.140. The molecule has 2 aromatic rings. The Labute approximate surface area is 140 Å². The number of nitrogens with one attached hydrogen (secondary N) is 1. The zero-order valence-electron chi connectivity index (χ0n) is 13.0. The summed E-state index contributed by atoms with van der Waals surface area (Å²) in [6.45, 7) is 1.34. The van der Waals surface area contributed by atoms with Gasteiger partial charge < -0.3 is 15.0 Å².